The second-order valence-electron chi connectivity index (χ2n) is 7.65. The zero-order chi connectivity index (χ0) is 21.6. The van der Waals surface area contributed by atoms with Crippen molar-refractivity contribution in [3.63, 3.8) is 0 Å². The van der Waals surface area contributed by atoms with Gasteiger partial charge in [0.05, 0.1) is 12.6 Å². The average Bonchev–Trinajstić information content (AvgIpc) is 2.71. The highest BCUT2D eigenvalue weighted by Gasteiger charge is 2.33. The molecule has 30 heavy (non-hydrogen) atoms. The number of nitrogens with one attached hydrogen (secondary N) is 3. The Bertz CT molecular complexity index is 977. The van der Waals surface area contributed by atoms with Gasteiger partial charge in [-0.2, -0.15) is 0 Å². The van der Waals surface area contributed by atoms with Crippen molar-refractivity contribution in [1.82, 2.24) is 20.3 Å². The molecule has 2 heterocycles. The molecule has 0 saturated heterocycles. The van der Waals surface area contributed by atoms with Gasteiger partial charge in [-0.15, -0.1) is 0 Å². The number of para-hydroxylation sites is 1. The van der Waals surface area contributed by atoms with Gasteiger partial charge in [0.2, 0.25) is 10.0 Å². The summed E-state index contributed by atoms with van der Waals surface area (Å²) in [5.74, 6) is 1.50. The molecule has 1 aromatic heterocycles. The van der Waals surface area contributed by atoms with Crippen molar-refractivity contribution in [2.75, 3.05) is 19.6 Å². The van der Waals surface area contributed by atoms with Crippen LogP contribution >= 0.6 is 0 Å². The molecule has 0 amide bonds. The second-order valence-corrected chi connectivity index (χ2v) is 9.41. The summed E-state index contributed by atoms with van der Waals surface area (Å²) in [5.41, 5.74) is 0.780. The molecule has 0 aliphatic carbocycles. The fraction of sp³-hybridized carbons (Fsp3) is 0.429. The molecule has 0 bridgehead atoms. The number of aliphatic imine (C=N–C) groups is 1. The van der Waals surface area contributed by atoms with Crippen molar-refractivity contribution in [3.8, 4) is 5.75 Å². The van der Waals surface area contributed by atoms with E-state index >= 15 is 0 Å². The Hall–Kier alpha value is -2.65. The first-order valence-corrected chi connectivity index (χ1v) is 11.5. The van der Waals surface area contributed by atoms with Gasteiger partial charge in [-0.1, -0.05) is 18.2 Å². The molecule has 2 aromatic rings. The number of guanidine groups is 1. The predicted molar refractivity (Wildman–Crippen MR) is 117 cm³/mol. The van der Waals surface area contributed by atoms with Crippen LogP contribution in [0.15, 0.2) is 58.7 Å². The van der Waals surface area contributed by atoms with Crippen LogP contribution in [0.25, 0.3) is 0 Å². The molecule has 0 saturated carbocycles. The van der Waals surface area contributed by atoms with Gasteiger partial charge in [0.15, 0.2) is 5.96 Å². The lowest BCUT2D eigenvalue weighted by molar-refractivity contribution is 0.0694. The number of hydrogen-bond donors (Lipinski definition) is 3. The molecule has 9 heteroatoms. The van der Waals surface area contributed by atoms with E-state index in [0.29, 0.717) is 19.0 Å². The maximum absolute atomic E-state index is 12.3. The molecule has 0 radical (unpaired) electrons. The largest absolute Gasteiger partial charge is 0.487 e. The van der Waals surface area contributed by atoms with Gasteiger partial charge in [0.1, 0.15) is 16.2 Å². The monoisotopic (exact) mass is 431 g/mol. The van der Waals surface area contributed by atoms with Gasteiger partial charge < -0.3 is 15.4 Å². The molecular weight excluding hydrogens is 402 g/mol. The van der Waals surface area contributed by atoms with Gasteiger partial charge in [-0.3, -0.25) is 9.98 Å². The Morgan fingerprint density at radius 2 is 2.07 bits per heavy atom. The summed E-state index contributed by atoms with van der Waals surface area (Å²) in [6.07, 6.45) is 3.64. The van der Waals surface area contributed by atoms with Gasteiger partial charge in [-0.25, -0.2) is 13.1 Å². The van der Waals surface area contributed by atoms with Crippen LogP contribution in [0.2, 0.25) is 0 Å². The van der Waals surface area contributed by atoms with E-state index in [2.05, 4.69) is 39.2 Å². The third-order valence-corrected chi connectivity index (χ3v) is 6.10. The van der Waals surface area contributed by atoms with E-state index in [1.807, 2.05) is 31.2 Å². The number of aromatic nitrogens is 1. The Labute approximate surface area is 178 Å². The average molecular weight is 432 g/mol. The highest BCUT2D eigenvalue weighted by Crippen LogP contribution is 2.39. The lowest BCUT2D eigenvalue weighted by atomic mass is 9.90. The summed E-state index contributed by atoms with van der Waals surface area (Å²) in [6.45, 7) is 7.29. The minimum Gasteiger partial charge on any atom is -0.487 e. The van der Waals surface area contributed by atoms with E-state index in [1.54, 1.807) is 6.07 Å². The van der Waals surface area contributed by atoms with Crippen LogP contribution in [-0.4, -0.2) is 44.6 Å². The van der Waals surface area contributed by atoms with Gasteiger partial charge >= 0.3 is 0 Å². The van der Waals surface area contributed by atoms with Crippen molar-refractivity contribution in [1.29, 1.82) is 0 Å². The molecule has 8 nitrogen and oxygen atoms in total. The van der Waals surface area contributed by atoms with Crippen molar-refractivity contribution >= 4 is 16.0 Å². The number of rotatable bonds is 7. The predicted octanol–water partition coefficient (Wildman–Crippen LogP) is 2.22. The van der Waals surface area contributed by atoms with E-state index in [-0.39, 0.29) is 23.1 Å². The molecule has 3 N–H and O–H groups in total. The molecule has 1 unspecified atom stereocenters. The third kappa shape index (κ3) is 5.70. The fourth-order valence-electron chi connectivity index (χ4n) is 3.35. The van der Waals surface area contributed by atoms with Crippen molar-refractivity contribution in [2.24, 2.45) is 4.99 Å². The van der Waals surface area contributed by atoms with Crippen LogP contribution in [0.4, 0.5) is 0 Å². The highest BCUT2D eigenvalue weighted by molar-refractivity contribution is 7.89. The van der Waals surface area contributed by atoms with Crippen LogP contribution in [0, 0.1) is 0 Å². The Morgan fingerprint density at radius 1 is 1.27 bits per heavy atom. The summed E-state index contributed by atoms with van der Waals surface area (Å²) in [7, 11) is -3.59. The van der Waals surface area contributed by atoms with E-state index < -0.39 is 10.0 Å². The van der Waals surface area contributed by atoms with Crippen LogP contribution in [0.3, 0.4) is 0 Å². The number of nitrogens with zero attached hydrogens (tertiary/aromatic N) is 2. The Balaban J connectivity index is 1.65. The van der Waals surface area contributed by atoms with E-state index in [1.165, 1.54) is 18.5 Å². The molecular formula is C21H29N5O3S. The number of pyridine rings is 1. The zero-order valence-electron chi connectivity index (χ0n) is 17.6. The lowest BCUT2D eigenvalue weighted by Gasteiger charge is -2.38. The summed E-state index contributed by atoms with van der Waals surface area (Å²) in [5, 5.41) is 6.70. The maximum Gasteiger partial charge on any atom is 0.242 e. The normalized spacial score (nSPS) is 18.2. The highest BCUT2D eigenvalue weighted by atomic mass is 32.2. The van der Waals surface area contributed by atoms with Crippen LogP contribution in [0.1, 0.15) is 38.8 Å². The summed E-state index contributed by atoms with van der Waals surface area (Å²) in [4.78, 5) is 8.52. The van der Waals surface area contributed by atoms with E-state index in [9.17, 15) is 8.42 Å². The van der Waals surface area contributed by atoms with E-state index in [0.717, 1.165) is 17.7 Å². The van der Waals surface area contributed by atoms with Crippen molar-refractivity contribution < 1.29 is 13.2 Å². The third-order valence-electron chi connectivity index (χ3n) is 4.65. The molecule has 3 rings (SSSR count). The first-order chi connectivity index (χ1) is 14.3. The Kier molecular flexibility index (Phi) is 6.94. The summed E-state index contributed by atoms with van der Waals surface area (Å²) >= 11 is 0. The lowest BCUT2D eigenvalue weighted by Crippen LogP contribution is -2.45. The van der Waals surface area contributed by atoms with Crippen molar-refractivity contribution in [2.45, 2.75) is 43.7 Å². The second kappa shape index (κ2) is 9.44. The molecule has 0 spiro atoms. The summed E-state index contributed by atoms with van der Waals surface area (Å²) < 4.78 is 33.2. The smallest absolute Gasteiger partial charge is 0.242 e. The van der Waals surface area contributed by atoms with E-state index in [4.69, 9.17) is 4.74 Å². The molecule has 1 aromatic carbocycles. The Morgan fingerprint density at radius 3 is 2.80 bits per heavy atom. The van der Waals surface area contributed by atoms with Crippen LogP contribution in [0.5, 0.6) is 5.75 Å². The number of fused-ring (bicyclic) bond motifs is 1. The molecule has 1 aliphatic rings. The topological polar surface area (TPSA) is 105 Å². The quantitative estimate of drug-likeness (QED) is 0.353. The number of sulfonamides is 1. The van der Waals surface area contributed by atoms with Crippen LogP contribution in [-0.2, 0) is 10.0 Å². The molecule has 1 atom stereocenters. The van der Waals surface area contributed by atoms with Gasteiger partial charge in [0.25, 0.3) is 0 Å². The standard InChI is InChI=1S/C21H29N5O3S/c1-4-23-20(24-12-13-25-30(27,28)16-8-7-11-22-15-16)26-18-14-21(2,3)29-19-10-6-5-9-17(18)19/h5-11,15,18,25H,4,12-14H2,1-3H3,(H2,23,24,26). The van der Waals surface area contributed by atoms with Crippen molar-refractivity contribution in [3.05, 3.63) is 54.4 Å². The maximum atomic E-state index is 12.3. The minimum absolute atomic E-state index is 0.0369. The van der Waals surface area contributed by atoms with Gasteiger partial charge in [-0.05, 0) is 39.0 Å². The van der Waals surface area contributed by atoms with Crippen LogP contribution < -0.4 is 20.1 Å². The first kappa shape index (κ1) is 22.0. The number of hydrogen-bond acceptors (Lipinski definition) is 5. The summed E-state index contributed by atoms with van der Waals surface area (Å²) in [6, 6.07) is 11.1. The molecule has 1 aliphatic heterocycles. The zero-order valence-corrected chi connectivity index (χ0v) is 18.4. The minimum atomic E-state index is -3.59. The molecule has 0 fully saturated rings. The fourth-order valence-corrected chi connectivity index (χ4v) is 4.34. The first-order valence-electron chi connectivity index (χ1n) is 10.0. The van der Waals surface area contributed by atoms with Gasteiger partial charge in [0, 0.05) is 37.5 Å². The number of benzene rings is 1. The number of ether oxygens (including phenoxy) is 1. The molecule has 162 valence electrons. The SMILES string of the molecule is CCNC(=NCCNS(=O)(=O)c1cccnc1)NC1CC(C)(C)Oc2ccccc21.